The number of ether oxygens (including phenoxy) is 1. The van der Waals surface area contributed by atoms with Crippen molar-refractivity contribution in [1.82, 2.24) is 25.1 Å². The smallest absolute Gasteiger partial charge is 0.316 e. The van der Waals surface area contributed by atoms with E-state index < -0.39 is 0 Å². The van der Waals surface area contributed by atoms with E-state index in [0.29, 0.717) is 31.3 Å². The number of carbonyl (C=O) groups is 1. The molecule has 19 heavy (non-hydrogen) atoms. The summed E-state index contributed by atoms with van der Waals surface area (Å²) in [5, 5.41) is 6.77. The van der Waals surface area contributed by atoms with Gasteiger partial charge in [-0.15, -0.1) is 0 Å². The van der Waals surface area contributed by atoms with Crippen LogP contribution in [0.3, 0.4) is 0 Å². The minimum absolute atomic E-state index is 0.184. The quantitative estimate of drug-likeness (QED) is 0.761. The van der Waals surface area contributed by atoms with E-state index in [-0.39, 0.29) is 5.91 Å². The van der Waals surface area contributed by atoms with Crippen LogP contribution in [0.25, 0.3) is 0 Å². The highest BCUT2D eigenvalue weighted by molar-refractivity contribution is 5.92. The third-order valence-electron chi connectivity index (χ3n) is 2.33. The molecule has 0 aliphatic heterocycles. The molecule has 1 N–H and O–H groups in total. The zero-order valence-corrected chi connectivity index (χ0v) is 10.6. The molecular weight excluding hydrogens is 246 g/mol. The van der Waals surface area contributed by atoms with E-state index >= 15 is 0 Å². The van der Waals surface area contributed by atoms with E-state index in [1.165, 1.54) is 0 Å². The first-order chi connectivity index (χ1) is 9.25. The molecule has 2 aromatic heterocycles. The van der Waals surface area contributed by atoms with Gasteiger partial charge in [0.25, 0.3) is 5.91 Å². The summed E-state index contributed by atoms with van der Waals surface area (Å²) in [6, 6.07) is 3.74. The molecule has 0 aliphatic carbocycles. The summed E-state index contributed by atoms with van der Waals surface area (Å²) in [6.45, 7) is 0.967. The lowest BCUT2D eigenvalue weighted by Crippen LogP contribution is -2.26. The molecule has 7 nitrogen and oxygen atoms in total. The van der Waals surface area contributed by atoms with Gasteiger partial charge in [-0.05, 0) is 18.6 Å². The van der Waals surface area contributed by atoms with Crippen molar-refractivity contribution in [1.29, 1.82) is 0 Å². The van der Waals surface area contributed by atoms with Crippen LogP contribution in [-0.2, 0) is 7.05 Å². The Morgan fingerprint density at radius 2 is 2.21 bits per heavy atom. The van der Waals surface area contributed by atoms with Crippen molar-refractivity contribution in [3.05, 3.63) is 36.4 Å². The van der Waals surface area contributed by atoms with Crippen molar-refractivity contribution >= 4 is 5.91 Å². The average Bonchev–Trinajstić information content (AvgIpc) is 2.86. The van der Waals surface area contributed by atoms with E-state index in [0.717, 1.165) is 0 Å². The number of hydrogen-bond acceptors (Lipinski definition) is 5. The average molecular weight is 261 g/mol. The van der Waals surface area contributed by atoms with Crippen LogP contribution in [-0.4, -0.2) is 38.8 Å². The largest absolute Gasteiger partial charge is 0.463 e. The first-order valence-corrected chi connectivity index (χ1v) is 5.93. The van der Waals surface area contributed by atoms with Crippen molar-refractivity contribution in [2.24, 2.45) is 7.05 Å². The number of aryl methyl sites for hydroxylation is 1. The molecule has 0 fully saturated rings. The fraction of sp³-hybridized carbons (Fsp3) is 0.333. The van der Waals surface area contributed by atoms with Crippen molar-refractivity contribution in [2.75, 3.05) is 13.2 Å². The topological polar surface area (TPSA) is 81.9 Å². The van der Waals surface area contributed by atoms with E-state index in [9.17, 15) is 4.79 Å². The Labute approximate surface area is 110 Å². The molecule has 0 atom stereocenters. The molecule has 0 saturated heterocycles. The molecule has 0 radical (unpaired) electrons. The molecule has 1 amide bonds. The molecule has 100 valence electrons. The third kappa shape index (κ3) is 4.06. The number of rotatable bonds is 6. The number of nitrogens with zero attached hydrogens (tertiary/aromatic N) is 4. The summed E-state index contributed by atoms with van der Waals surface area (Å²) in [5.41, 5.74) is 0.412. The van der Waals surface area contributed by atoms with Gasteiger partial charge in [0.2, 0.25) is 0 Å². The van der Waals surface area contributed by atoms with Crippen molar-refractivity contribution < 1.29 is 9.53 Å². The molecule has 0 unspecified atom stereocenters. The van der Waals surface area contributed by atoms with Crippen molar-refractivity contribution in [3.8, 4) is 6.01 Å². The van der Waals surface area contributed by atoms with Gasteiger partial charge in [0, 0.05) is 32.2 Å². The van der Waals surface area contributed by atoms with Gasteiger partial charge in [0.1, 0.15) is 5.69 Å². The summed E-state index contributed by atoms with van der Waals surface area (Å²) in [5.74, 6) is -0.184. The lowest BCUT2D eigenvalue weighted by atomic mass is 10.4. The molecular formula is C12H15N5O2. The number of aromatic nitrogens is 4. The van der Waals surface area contributed by atoms with Crippen LogP contribution in [0.4, 0.5) is 0 Å². The molecule has 0 aromatic carbocycles. The second-order valence-corrected chi connectivity index (χ2v) is 3.86. The maximum atomic E-state index is 11.6. The van der Waals surface area contributed by atoms with Gasteiger partial charge >= 0.3 is 6.01 Å². The van der Waals surface area contributed by atoms with Crippen LogP contribution in [0.5, 0.6) is 6.01 Å². The minimum atomic E-state index is -0.184. The Morgan fingerprint density at radius 3 is 2.89 bits per heavy atom. The van der Waals surface area contributed by atoms with Gasteiger partial charge in [0.15, 0.2) is 0 Å². The summed E-state index contributed by atoms with van der Waals surface area (Å²) in [6.07, 6.45) is 5.64. The fourth-order valence-electron chi connectivity index (χ4n) is 1.42. The molecule has 0 spiro atoms. The molecule has 7 heteroatoms. The van der Waals surface area contributed by atoms with Crippen LogP contribution in [0.2, 0.25) is 0 Å². The van der Waals surface area contributed by atoms with Crippen LogP contribution < -0.4 is 10.1 Å². The van der Waals surface area contributed by atoms with Crippen molar-refractivity contribution in [3.63, 3.8) is 0 Å². The molecule has 0 aliphatic rings. The van der Waals surface area contributed by atoms with E-state index in [1.54, 1.807) is 42.5 Å². The Hall–Kier alpha value is -2.44. The minimum Gasteiger partial charge on any atom is -0.463 e. The molecule has 2 heterocycles. The van der Waals surface area contributed by atoms with Gasteiger partial charge in [-0.25, -0.2) is 9.97 Å². The highest BCUT2D eigenvalue weighted by Gasteiger charge is 2.07. The lowest BCUT2D eigenvalue weighted by molar-refractivity contribution is 0.0945. The van der Waals surface area contributed by atoms with Crippen LogP contribution >= 0.6 is 0 Å². The monoisotopic (exact) mass is 261 g/mol. The number of hydrogen-bond donors (Lipinski definition) is 1. The third-order valence-corrected chi connectivity index (χ3v) is 2.33. The predicted octanol–water partition coefficient (Wildman–Crippen LogP) is 0.409. The van der Waals surface area contributed by atoms with Crippen molar-refractivity contribution in [2.45, 2.75) is 6.42 Å². The second kappa shape index (κ2) is 6.48. The summed E-state index contributed by atoms with van der Waals surface area (Å²) in [4.78, 5) is 19.5. The molecule has 0 bridgehead atoms. The Kier molecular flexibility index (Phi) is 4.44. The van der Waals surface area contributed by atoms with Crippen LogP contribution in [0.1, 0.15) is 16.9 Å². The Balaban J connectivity index is 1.63. The van der Waals surface area contributed by atoms with Gasteiger partial charge in [-0.1, -0.05) is 0 Å². The SMILES string of the molecule is Cn1ccc(C(=O)NCCCOc2ncccn2)n1. The Morgan fingerprint density at radius 1 is 1.42 bits per heavy atom. The summed E-state index contributed by atoms with van der Waals surface area (Å²) in [7, 11) is 1.77. The van der Waals surface area contributed by atoms with Gasteiger partial charge in [-0.2, -0.15) is 5.10 Å². The highest BCUT2D eigenvalue weighted by Crippen LogP contribution is 1.98. The molecule has 2 aromatic rings. The lowest BCUT2D eigenvalue weighted by Gasteiger charge is -2.04. The number of amides is 1. The van der Waals surface area contributed by atoms with E-state index in [2.05, 4.69) is 20.4 Å². The van der Waals surface area contributed by atoms with E-state index in [4.69, 9.17) is 4.74 Å². The number of nitrogens with one attached hydrogen (secondary N) is 1. The van der Waals surface area contributed by atoms with E-state index in [1.807, 2.05) is 0 Å². The molecule has 2 rings (SSSR count). The Bertz CT molecular complexity index is 526. The zero-order valence-electron chi connectivity index (χ0n) is 10.6. The maximum Gasteiger partial charge on any atom is 0.316 e. The van der Waals surface area contributed by atoms with Crippen LogP contribution in [0, 0.1) is 0 Å². The normalized spacial score (nSPS) is 10.2. The second-order valence-electron chi connectivity index (χ2n) is 3.86. The van der Waals surface area contributed by atoms with Gasteiger partial charge < -0.3 is 10.1 Å². The first kappa shape index (κ1) is 13.0. The first-order valence-electron chi connectivity index (χ1n) is 5.93. The van der Waals surface area contributed by atoms with Gasteiger partial charge in [-0.3, -0.25) is 9.48 Å². The fourth-order valence-corrected chi connectivity index (χ4v) is 1.42. The van der Waals surface area contributed by atoms with Crippen LogP contribution in [0.15, 0.2) is 30.7 Å². The maximum absolute atomic E-state index is 11.6. The summed E-state index contributed by atoms with van der Waals surface area (Å²) < 4.78 is 6.89. The zero-order chi connectivity index (χ0) is 13.5. The molecule has 0 saturated carbocycles. The highest BCUT2D eigenvalue weighted by atomic mass is 16.5. The summed E-state index contributed by atoms with van der Waals surface area (Å²) >= 11 is 0. The predicted molar refractivity (Wildman–Crippen MR) is 67.7 cm³/mol. The number of carbonyl (C=O) groups excluding carboxylic acids is 1. The standard InChI is InChI=1S/C12H15N5O2/c1-17-8-4-10(16-17)11(18)13-7-3-9-19-12-14-5-2-6-15-12/h2,4-6,8H,3,7,9H2,1H3,(H,13,18). The van der Waals surface area contributed by atoms with Gasteiger partial charge in [0.05, 0.1) is 6.61 Å².